The van der Waals surface area contributed by atoms with Crippen LogP contribution in [0.3, 0.4) is 0 Å². The van der Waals surface area contributed by atoms with Crippen LogP contribution in [0.2, 0.25) is 0 Å². The smallest absolute Gasteiger partial charge is 0.159 e. The van der Waals surface area contributed by atoms with Gasteiger partial charge in [-0.2, -0.15) is 0 Å². The van der Waals surface area contributed by atoms with Gasteiger partial charge >= 0.3 is 0 Å². The second kappa shape index (κ2) is 8.32. The molecule has 3 rings (SSSR count). The molecule has 1 saturated carbocycles. The largest absolute Gasteiger partial charge is 0.236 e. The summed E-state index contributed by atoms with van der Waals surface area (Å²) in [6, 6.07) is 3.73. The third-order valence-electron chi connectivity index (χ3n) is 5.08. The average molecular weight is 342 g/mol. The maximum Gasteiger partial charge on any atom is 0.159 e. The molecule has 0 atom stereocenters. The molecule has 1 fully saturated rings. The van der Waals surface area contributed by atoms with E-state index in [0.717, 1.165) is 42.4 Å². The number of aryl methyl sites for hydroxylation is 1. The van der Waals surface area contributed by atoms with Crippen LogP contribution in [-0.2, 0) is 6.42 Å². The van der Waals surface area contributed by atoms with Gasteiger partial charge in [0.2, 0.25) is 0 Å². The Hall–Kier alpha value is -2.10. The molecule has 0 unspecified atom stereocenters. The molecule has 0 radical (unpaired) electrons. The molecule has 0 spiro atoms. The van der Waals surface area contributed by atoms with Crippen molar-refractivity contribution in [3.8, 4) is 11.4 Å². The van der Waals surface area contributed by atoms with Gasteiger partial charge in [-0.3, -0.25) is 0 Å². The van der Waals surface area contributed by atoms with E-state index in [4.69, 9.17) is 0 Å². The normalized spacial score (nSPS) is 20.9. The van der Waals surface area contributed by atoms with E-state index in [0.29, 0.717) is 11.4 Å². The number of rotatable bonds is 5. The zero-order valence-corrected chi connectivity index (χ0v) is 14.6. The molecule has 0 saturated heterocycles. The molecule has 0 N–H and O–H groups in total. The Morgan fingerprint density at radius 3 is 2.40 bits per heavy atom. The first-order valence-corrected chi connectivity index (χ1v) is 9.05. The number of nitrogens with zero attached hydrogens (tertiary/aromatic N) is 2. The van der Waals surface area contributed by atoms with Gasteiger partial charge in [0.25, 0.3) is 0 Å². The first-order valence-electron chi connectivity index (χ1n) is 9.05. The van der Waals surface area contributed by atoms with E-state index in [1.165, 1.54) is 31.7 Å². The lowest BCUT2D eigenvalue weighted by atomic mass is 9.79. The number of aromatic nitrogens is 2. The molecule has 0 amide bonds. The summed E-state index contributed by atoms with van der Waals surface area (Å²) in [5.74, 6) is 0.241. The first-order chi connectivity index (χ1) is 12.2. The molecule has 1 aliphatic carbocycles. The summed E-state index contributed by atoms with van der Waals surface area (Å²) in [6.07, 6.45) is 15.4. The number of hydrogen-bond acceptors (Lipinski definition) is 2. The molecule has 132 valence electrons. The summed E-state index contributed by atoms with van der Waals surface area (Å²) < 4.78 is 26.3. The van der Waals surface area contributed by atoms with Crippen molar-refractivity contribution in [1.29, 1.82) is 0 Å². The molecule has 0 aliphatic heterocycles. The minimum absolute atomic E-state index is 0.425. The van der Waals surface area contributed by atoms with Crippen molar-refractivity contribution in [3.63, 3.8) is 0 Å². The number of benzene rings is 1. The van der Waals surface area contributed by atoms with Crippen LogP contribution in [0.15, 0.2) is 42.7 Å². The van der Waals surface area contributed by atoms with Crippen LogP contribution in [0, 0.1) is 23.5 Å². The first kappa shape index (κ1) is 17.7. The van der Waals surface area contributed by atoms with E-state index in [1.54, 1.807) is 12.4 Å². The molecule has 0 bridgehead atoms. The molecule has 2 aromatic rings. The quantitative estimate of drug-likeness (QED) is 0.648. The molecule has 1 aromatic heterocycles. The number of allylic oxidation sites excluding steroid dienone is 2. The maximum atomic E-state index is 13.3. The Balaban J connectivity index is 1.54. The fourth-order valence-electron chi connectivity index (χ4n) is 3.58. The highest BCUT2D eigenvalue weighted by atomic mass is 19.2. The summed E-state index contributed by atoms with van der Waals surface area (Å²) in [6.45, 7) is 2.09. The van der Waals surface area contributed by atoms with Crippen LogP contribution in [0.1, 0.15) is 44.6 Å². The maximum absolute atomic E-state index is 13.3. The van der Waals surface area contributed by atoms with Crippen molar-refractivity contribution >= 4 is 0 Å². The van der Waals surface area contributed by atoms with Gasteiger partial charge in [0.15, 0.2) is 17.5 Å². The highest BCUT2D eigenvalue weighted by molar-refractivity contribution is 5.54. The minimum atomic E-state index is -0.876. The van der Waals surface area contributed by atoms with E-state index in [1.807, 2.05) is 0 Å². The third-order valence-corrected chi connectivity index (χ3v) is 5.08. The molecule has 1 aliphatic rings. The van der Waals surface area contributed by atoms with Crippen LogP contribution in [0.25, 0.3) is 11.4 Å². The predicted octanol–water partition coefficient (Wildman–Crippen LogP) is 5.74. The topological polar surface area (TPSA) is 25.8 Å². The Kier molecular flexibility index (Phi) is 5.90. The molecule has 25 heavy (non-hydrogen) atoms. The second-order valence-electron chi connectivity index (χ2n) is 6.89. The lowest BCUT2D eigenvalue weighted by Crippen LogP contribution is -2.13. The Morgan fingerprint density at radius 1 is 1.04 bits per heavy atom. The van der Waals surface area contributed by atoms with Gasteiger partial charge in [-0.15, -0.1) is 0 Å². The number of halogens is 2. The van der Waals surface area contributed by atoms with E-state index < -0.39 is 11.6 Å². The van der Waals surface area contributed by atoms with Crippen molar-refractivity contribution in [1.82, 2.24) is 9.97 Å². The zero-order valence-electron chi connectivity index (χ0n) is 14.6. The fourth-order valence-corrected chi connectivity index (χ4v) is 3.58. The van der Waals surface area contributed by atoms with Crippen LogP contribution >= 0.6 is 0 Å². The summed E-state index contributed by atoms with van der Waals surface area (Å²) in [5.41, 5.74) is 1.59. The summed E-state index contributed by atoms with van der Waals surface area (Å²) in [7, 11) is 0. The summed E-state index contributed by atoms with van der Waals surface area (Å²) >= 11 is 0. The van der Waals surface area contributed by atoms with Crippen molar-refractivity contribution < 1.29 is 8.78 Å². The lowest BCUT2D eigenvalue weighted by Gasteiger charge is -2.26. The molecule has 1 aromatic carbocycles. The van der Waals surface area contributed by atoms with Crippen LogP contribution in [-0.4, -0.2) is 9.97 Å². The highest BCUT2D eigenvalue weighted by Crippen LogP contribution is 2.32. The van der Waals surface area contributed by atoms with Gasteiger partial charge < -0.3 is 0 Å². The lowest BCUT2D eigenvalue weighted by molar-refractivity contribution is 0.296. The van der Waals surface area contributed by atoms with E-state index in [-0.39, 0.29) is 0 Å². The molecule has 4 heteroatoms. The van der Waals surface area contributed by atoms with Gasteiger partial charge in [-0.05, 0) is 81.0 Å². The van der Waals surface area contributed by atoms with Crippen molar-refractivity contribution in [2.45, 2.75) is 45.4 Å². The van der Waals surface area contributed by atoms with Gasteiger partial charge in [-0.1, -0.05) is 12.2 Å². The zero-order chi connectivity index (χ0) is 17.6. The Morgan fingerprint density at radius 2 is 1.76 bits per heavy atom. The van der Waals surface area contributed by atoms with Gasteiger partial charge in [0.1, 0.15) is 0 Å². The Labute approximate surface area is 148 Å². The standard InChI is InChI=1S/C21H24F2N2/c1-2-3-15-4-6-16(7-5-15)8-9-17-13-24-21(25-14-17)18-10-11-19(22)20(23)12-18/h2-3,10-16H,4-9H2,1H3. The average Bonchev–Trinajstić information content (AvgIpc) is 2.64. The van der Waals surface area contributed by atoms with Crippen LogP contribution in [0.4, 0.5) is 8.78 Å². The van der Waals surface area contributed by atoms with Crippen LogP contribution in [0.5, 0.6) is 0 Å². The van der Waals surface area contributed by atoms with Gasteiger partial charge in [-0.25, -0.2) is 18.7 Å². The van der Waals surface area contributed by atoms with Crippen molar-refractivity contribution in [2.75, 3.05) is 0 Å². The monoisotopic (exact) mass is 342 g/mol. The highest BCUT2D eigenvalue weighted by Gasteiger charge is 2.19. The molecular weight excluding hydrogens is 318 g/mol. The van der Waals surface area contributed by atoms with E-state index in [2.05, 4.69) is 29.0 Å². The summed E-state index contributed by atoms with van der Waals surface area (Å²) in [4.78, 5) is 8.62. The third kappa shape index (κ3) is 4.71. The van der Waals surface area contributed by atoms with Gasteiger partial charge in [0, 0.05) is 18.0 Å². The summed E-state index contributed by atoms with van der Waals surface area (Å²) in [5, 5.41) is 0. The van der Waals surface area contributed by atoms with Crippen molar-refractivity contribution in [2.24, 2.45) is 11.8 Å². The molecule has 2 nitrogen and oxygen atoms in total. The van der Waals surface area contributed by atoms with Gasteiger partial charge in [0.05, 0.1) is 0 Å². The molecule has 1 heterocycles. The molecular formula is C21H24F2N2. The fraction of sp³-hybridized carbons (Fsp3) is 0.429. The second-order valence-corrected chi connectivity index (χ2v) is 6.89. The number of hydrogen-bond donors (Lipinski definition) is 0. The predicted molar refractivity (Wildman–Crippen MR) is 96.0 cm³/mol. The Bertz CT molecular complexity index is 717. The van der Waals surface area contributed by atoms with E-state index in [9.17, 15) is 8.78 Å². The minimum Gasteiger partial charge on any atom is -0.236 e. The van der Waals surface area contributed by atoms with Crippen LogP contribution < -0.4 is 0 Å². The SMILES string of the molecule is CC=CC1CCC(CCc2cnc(-c3ccc(F)c(F)c3)nc2)CC1. The van der Waals surface area contributed by atoms with Crippen molar-refractivity contribution in [3.05, 3.63) is 59.9 Å². The van der Waals surface area contributed by atoms with E-state index >= 15 is 0 Å².